The Hall–Kier alpha value is -8.50. The molecule has 4 amide bonds. The molecule has 21 heteroatoms. The number of thiazole rings is 2. The molecule has 19 nitrogen and oxygen atoms in total. The van der Waals surface area contributed by atoms with Crippen LogP contribution in [0.25, 0.3) is 54.5 Å². The van der Waals surface area contributed by atoms with Crippen molar-refractivity contribution >= 4 is 89.9 Å². The molecule has 2 N–H and O–H groups in total. The van der Waals surface area contributed by atoms with Gasteiger partial charge in [-0.15, -0.1) is 22.7 Å². The molecule has 4 aromatic carbocycles. The number of aromatic nitrogens is 8. The normalized spacial score (nSPS) is 14.4. The zero-order chi connectivity index (χ0) is 53.9. The average molecular weight is 1080 g/mol. The Morgan fingerprint density at radius 3 is 1.38 bits per heavy atom. The van der Waals surface area contributed by atoms with Crippen LogP contribution in [0.3, 0.4) is 0 Å². The van der Waals surface area contributed by atoms with Gasteiger partial charge in [0.2, 0.25) is 5.91 Å². The number of rotatable bonds is 10. The van der Waals surface area contributed by atoms with Crippen molar-refractivity contribution in [1.29, 1.82) is 0 Å². The van der Waals surface area contributed by atoms with E-state index in [4.69, 9.17) is 14.7 Å². The third-order valence-electron chi connectivity index (χ3n) is 13.4. The second kappa shape index (κ2) is 22.2. The van der Waals surface area contributed by atoms with Crippen LogP contribution < -0.4 is 10.6 Å². The molecule has 6 aromatic heterocycles. The Labute approximate surface area is 457 Å². The van der Waals surface area contributed by atoms with Gasteiger partial charge < -0.3 is 25.2 Å². The molecule has 78 heavy (non-hydrogen) atoms. The summed E-state index contributed by atoms with van der Waals surface area (Å²) in [5, 5.41) is 10.2. The fourth-order valence-electron chi connectivity index (χ4n) is 9.38. The van der Waals surface area contributed by atoms with Crippen molar-refractivity contribution in [2.24, 2.45) is 0 Å². The fourth-order valence-corrected chi connectivity index (χ4v) is 11.1. The molecular weight excluding hydrogens is 1020 g/mol. The number of anilines is 2. The van der Waals surface area contributed by atoms with E-state index in [0.29, 0.717) is 35.5 Å². The van der Waals surface area contributed by atoms with Gasteiger partial charge >= 0.3 is 6.09 Å². The highest BCUT2D eigenvalue weighted by Gasteiger charge is 2.27. The number of piperazine rings is 2. The van der Waals surface area contributed by atoms with Gasteiger partial charge in [0, 0.05) is 118 Å². The predicted octanol–water partition coefficient (Wildman–Crippen LogP) is 9.23. The Morgan fingerprint density at radius 1 is 0.538 bits per heavy atom. The van der Waals surface area contributed by atoms with Crippen LogP contribution in [0.2, 0.25) is 0 Å². The Kier molecular flexibility index (Phi) is 14.7. The SMILES string of the molecule is CC(=O)N1CCN(Cc2csc3nc(-c4ccccc4NC(=O)c4cnc5ccccc5n4)cn23)CC1.CC(C)(C)OC(=O)N1CCN(Cc2csc3nc(-c4ccccc4NC(=O)c4cnc5ccccc5n4)cn23)CC1. The number of carbonyl (C=O) groups is 4. The zero-order valence-corrected chi connectivity index (χ0v) is 45.1. The monoisotopic (exact) mass is 1080 g/mol. The molecule has 2 aliphatic rings. The fraction of sp³-hybridized carbons (Fsp3) is 0.263. The van der Waals surface area contributed by atoms with Crippen LogP contribution in [0.15, 0.2) is 133 Å². The Balaban J connectivity index is 0.000000166. The number of amides is 4. The second-order valence-corrected chi connectivity index (χ2v) is 21.7. The van der Waals surface area contributed by atoms with Crippen molar-refractivity contribution in [2.75, 3.05) is 63.0 Å². The van der Waals surface area contributed by atoms with Gasteiger partial charge in [0.1, 0.15) is 17.0 Å². The highest BCUT2D eigenvalue weighted by molar-refractivity contribution is 7.15. The lowest BCUT2D eigenvalue weighted by Gasteiger charge is -2.35. The van der Waals surface area contributed by atoms with Crippen LogP contribution in [0, 0.1) is 0 Å². The lowest BCUT2D eigenvalue weighted by Crippen LogP contribution is -2.49. The van der Waals surface area contributed by atoms with Gasteiger partial charge in [-0.3, -0.25) is 43.0 Å². The molecule has 10 aromatic rings. The van der Waals surface area contributed by atoms with Crippen molar-refractivity contribution < 1.29 is 23.9 Å². The summed E-state index contributed by atoms with van der Waals surface area (Å²) in [6.07, 6.45) is 6.77. The first-order chi connectivity index (χ1) is 37.8. The van der Waals surface area contributed by atoms with Crippen LogP contribution in [0.5, 0.6) is 0 Å². The number of nitrogens with one attached hydrogen (secondary N) is 2. The molecule has 0 bridgehead atoms. The number of hydrogen-bond donors (Lipinski definition) is 2. The zero-order valence-electron chi connectivity index (χ0n) is 43.5. The molecule has 0 saturated carbocycles. The molecule has 396 valence electrons. The van der Waals surface area contributed by atoms with Crippen LogP contribution >= 0.6 is 22.7 Å². The molecule has 0 radical (unpaired) electrons. The molecule has 2 fully saturated rings. The average Bonchev–Trinajstić information content (AvgIpc) is 4.31. The van der Waals surface area contributed by atoms with E-state index in [1.165, 1.54) is 12.4 Å². The Bertz CT molecular complexity index is 3850. The van der Waals surface area contributed by atoms with Gasteiger partial charge in [0.05, 0.1) is 57.2 Å². The van der Waals surface area contributed by atoms with E-state index >= 15 is 0 Å². The van der Waals surface area contributed by atoms with E-state index < -0.39 is 5.60 Å². The lowest BCUT2D eigenvalue weighted by atomic mass is 10.1. The maximum atomic E-state index is 13.1. The number of nitrogens with zero attached hydrogens (tertiary/aromatic N) is 12. The summed E-state index contributed by atoms with van der Waals surface area (Å²) in [6, 6.07) is 30.2. The molecule has 8 heterocycles. The first-order valence-corrected chi connectivity index (χ1v) is 27.4. The van der Waals surface area contributed by atoms with E-state index in [0.717, 1.165) is 107 Å². The van der Waals surface area contributed by atoms with E-state index in [9.17, 15) is 19.2 Å². The third-order valence-corrected chi connectivity index (χ3v) is 15.2. The smallest absolute Gasteiger partial charge is 0.410 e. The first-order valence-electron chi connectivity index (χ1n) is 25.6. The minimum Gasteiger partial charge on any atom is -0.444 e. The molecule has 0 spiro atoms. The van der Waals surface area contributed by atoms with Gasteiger partial charge in [0.25, 0.3) is 11.8 Å². The van der Waals surface area contributed by atoms with Crippen molar-refractivity contribution in [1.82, 2.24) is 58.3 Å². The Morgan fingerprint density at radius 2 is 0.949 bits per heavy atom. The topological polar surface area (TPSA) is 201 Å². The molecule has 2 aliphatic heterocycles. The summed E-state index contributed by atoms with van der Waals surface area (Å²) in [7, 11) is 0. The predicted molar refractivity (Wildman–Crippen MR) is 303 cm³/mol. The molecule has 0 atom stereocenters. The maximum absolute atomic E-state index is 13.1. The molecule has 0 aliphatic carbocycles. The van der Waals surface area contributed by atoms with Crippen LogP contribution in [0.1, 0.15) is 60.1 Å². The van der Waals surface area contributed by atoms with Crippen molar-refractivity contribution in [3.8, 4) is 22.5 Å². The van der Waals surface area contributed by atoms with Crippen molar-refractivity contribution in [3.63, 3.8) is 0 Å². The minimum atomic E-state index is -0.498. The summed E-state index contributed by atoms with van der Waals surface area (Å²) in [5.74, 6) is -0.518. The van der Waals surface area contributed by atoms with Gasteiger partial charge in [-0.25, -0.2) is 24.7 Å². The quantitative estimate of drug-likeness (QED) is 0.131. The third kappa shape index (κ3) is 11.6. The highest BCUT2D eigenvalue weighted by Crippen LogP contribution is 2.32. The van der Waals surface area contributed by atoms with Gasteiger partial charge in [-0.2, -0.15) is 0 Å². The molecule has 12 rings (SSSR count). The highest BCUT2D eigenvalue weighted by atomic mass is 32.1. The number of hydrogen-bond acceptors (Lipinski definition) is 15. The van der Waals surface area contributed by atoms with Crippen LogP contribution in [-0.2, 0) is 22.6 Å². The number of imidazole rings is 2. The maximum Gasteiger partial charge on any atom is 0.410 e. The van der Waals surface area contributed by atoms with Gasteiger partial charge in [-0.05, 0) is 57.2 Å². The summed E-state index contributed by atoms with van der Waals surface area (Å²) in [6.45, 7) is 14.8. The molecule has 2 saturated heterocycles. The molecular formula is C57H56N14O5S2. The largest absolute Gasteiger partial charge is 0.444 e. The number of carbonyl (C=O) groups excluding carboxylic acids is 4. The summed E-state index contributed by atoms with van der Waals surface area (Å²) >= 11 is 3.18. The van der Waals surface area contributed by atoms with Gasteiger partial charge in [0.15, 0.2) is 9.92 Å². The number of para-hydroxylation sites is 6. The number of benzene rings is 4. The number of fused-ring (bicyclic) bond motifs is 4. The van der Waals surface area contributed by atoms with Crippen LogP contribution in [0.4, 0.5) is 16.2 Å². The van der Waals surface area contributed by atoms with E-state index in [-0.39, 0.29) is 35.2 Å². The second-order valence-electron chi connectivity index (χ2n) is 20.0. The van der Waals surface area contributed by atoms with Gasteiger partial charge in [-0.1, -0.05) is 60.7 Å². The summed E-state index contributed by atoms with van der Waals surface area (Å²) in [5.41, 5.74) is 9.64. The summed E-state index contributed by atoms with van der Waals surface area (Å²) in [4.78, 5) is 87.7. The van der Waals surface area contributed by atoms with E-state index in [2.05, 4.69) is 59.9 Å². The van der Waals surface area contributed by atoms with Crippen molar-refractivity contribution in [2.45, 2.75) is 46.4 Å². The minimum absolute atomic E-state index is 0.134. The van der Waals surface area contributed by atoms with E-state index in [1.807, 2.05) is 135 Å². The summed E-state index contributed by atoms with van der Waals surface area (Å²) < 4.78 is 9.74. The van der Waals surface area contributed by atoms with E-state index in [1.54, 1.807) is 34.5 Å². The molecule has 0 unspecified atom stereocenters. The number of ether oxygens (including phenoxy) is 1. The lowest BCUT2D eigenvalue weighted by molar-refractivity contribution is -0.130. The van der Waals surface area contributed by atoms with Crippen LogP contribution in [-0.4, -0.2) is 140 Å². The van der Waals surface area contributed by atoms with Crippen molar-refractivity contribution in [3.05, 3.63) is 155 Å². The first kappa shape index (κ1) is 51.6. The standard InChI is InChI=1S/C30H31N7O3S.C27H25N7O2S/c1-30(2,3)40-29(39)36-14-12-35(13-15-36)17-20-19-41-28-34-26(18-37(20)28)21-8-4-5-9-22(21)33-27(38)25-16-31-23-10-6-7-11-24(23)32-25;1-18(35)33-12-10-32(11-13-33)15-19-17-37-27-31-25(16-34(19)27)20-6-2-3-7-21(20)30-26(36)24-14-28-22-8-4-5-9-23(22)29-24/h4-11,16,18-19H,12-15,17H2,1-3H3,(H,33,38);2-9,14,16-17H,10-13,15H2,1H3,(H,30,36).